The van der Waals surface area contributed by atoms with Gasteiger partial charge in [-0.05, 0) is 18.8 Å². The number of hydrogen-bond donors (Lipinski definition) is 2. The fourth-order valence-corrected chi connectivity index (χ4v) is 1.45. The van der Waals surface area contributed by atoms with E-state index in [0.29, 0.717) is 11.7 Å². The van der Waals surface area contributed by atoms with E-state index in [4.69, 9.17) is 5.73 Å². The maximum atomic E-state index is 12.9. The molecule has 0 aromatic carbocycles. The van der Waals surface area contributed by atoms with Crippen LogP contribution in [0.5, 0.6) is 0 Å². The summed E-state index contributed by atoms with van der Waals surface area (Å²) < 4.78 is 12.9. The van der Waals surface area contributed by atoms with Crippen LogP contribution >= 0.6 is 0 Å². The predicted octanol–water partition coefficient (Wildman–Crippen LogP) is 1.41. The minimum absolute atomic E-state index is 0.00632. The van der Waals surface area contributed by atoms with Gasteiger partial charge in [-0.3, -0.25) is 0 Å². The van der Waals surface area contributed by atoms with Gasteiger partial charge in [0.15, 0.2) is 5.82 Å². The van der Waals surface area contributed by atoms with Gasteiger partial charge < -0.3 is 11.1 Å². The second kappa shape index (κ2) is 3.77. The van der Waals surface area contributed by atoms with E-state index in [1.165, 1.54) is 25.6 Å². The van der Waals surface area contributed by atoms with Crippen LogP contribution < -0.4 is 11.1 Å². The average Bonchev–Trinajstić information content (AvgIpc) is 2.09. The van der Waals surface area contributed by atoms with Crippen LogP contribution in [0.1, 0.15) is 19.3 Å². The molecule has 1 fully saturated rings. The average molecular weight is 196 g/mol. The van der Waals surface area contributed by atoms with Crippen LogP contribution in [-0.2, 0) is 0 Å². The minimum atomic E-state index is -0.656. The van der Waals surface area contributed by atoms with E-state index in [1.54, 1.807) is 0 Å². The SMILES string of the molecule is Nc1c(F)ncnc1NCC1CCC1. The van der Waals surface area contributed by atoms with Crippen molar-refractivity contribution in [1.82, 2.24) is 9.97 Å². The normalized spacial score (nSPS) is 16.4. The van der Waals surface area contributed by atoms with Gasteiger partial charge in [0.05, 0.1) is 0 Å². The molecule has 0 aliphatic heterocycles. The zero-order valence-electron chi connectivity index (χ0n) is 7.83. The Balaban J connectivity index is 1.97. The summed E-state index contributed by atoms with van der Waals surface area (Å²) in [6.45, 7) is 0.820. The zero-order chi connectivity index (χ0) is 9.97. The third kappa shape index (κ3) is 1.76. The number of nitrogens with zero attached hydrogens (tertiary/aromatic N) is 2. The Kier molecular flexibility index (Phi) is 2.47. The number of nitrogen functional groups attached to an aromatic ring is 1. The maximum Gasteiger partial charge on any atom is 0.241 e. The summed E-state index contributed by atoms with van der Waals surface area (Å²) >= 11 is 0. The van der Waals surface area contributed by atoms with Gasteiger partial charge in [0.1, 0.15) is 12.0 Å². The third-order valence-corrected chi connectivity index (χ3v) is 2.62. The molecule has 1 aromatic heterocycles. The highest BCUT2D eigenvalue weighted by Gasteiger charge is 2.17. The first kappa shape index (κ1) is 9.18. The molecular weight excluding hydrogens is 183 g/mol. The smallest absolute Gasteiger partial charge is 0.241 e. The van der Waals surface area contributed by atoms with Crippen molar-refractivity contribution in [2.75, 3.05) is 17.6 Å². The van der Waals surface area contributed by atoms with Gasteiger partial charge in [-0.25, -0.2) is 9.97 Å². The van der Waals surface area contributed by atoms with Gasteiger partial charge >= 0.3 is 0 Å². The lowest BCUT2D eigenvalue weighted by Crippen LogP contribution is -2.22. The van der Waals surface area contributed by atoms with Gasteiger partial charge in [0.2, 0.25) is 5.95 Å². The van der Waals surface area contributed by atoms with Crippen molar-refractivity contribution in [3.8, 4) is 0 Å². The molecule has 1 aliphatic carbocycles. The first-order valence-electron chi connectivity index (χ1n) is 4.77. The molecule has 0 bridgehead atoms. The Morgan fingerprint density at radius 3 is 2.93 bits per heavy atom. The molecule has 0 atom stereocenters. The molecule has 0 radical (unpaired) electrons. The molecule has 4 nitrogen and oxygen atoms in total. The Bertz CT molecular complexity index is 325. The molecule has 2 rings (SSSR count). The lowest BCUT2D eigenvalue weighted by atomic mass is 9.85. The molecule has 1 heterocycles. The van der Waals surface area contributed by atoms with Gasteiger partial charge in [-0.2, -0.15) is 4.39 Å². The Labute approximate surface area is 81.7 Å². The van der Waals surface area contributed by atoms with Gasteiger partial charge in [-0.15, -0.1) is 0 Å². The van der Waals surface area contributed by atoms with E-state index in [0.717, 1.165) is 6.54 Å². The molecule has 1 saturated carbocycles. The molecule has 1 aromatic rings. The maximum absolute atomic E-state index is 12.9. The molecule has 0 saturated heterocycles. The summed E-state index contributed by atoms with van der Waals surface area (Å²) in [5, 5.41) is 3.04. The van der Waals surface area contributed by atoms with Gasteiger partial charge in [0, 0.05) is 6.54 Å². The summed E-state index contributed by atoms with van der Waals surface area (Å²) in [5.41, 5.74) is 5.47. The van der Waals surface area contributed by atoms with Crippen molar-refractivity contribution in [3.05, 3.63) is 12.3 Å². The van der Waals surface area contributed by atoms with E-state index in [9.17, 15) is 4.39 Å². The zero-order valence-corrected chi connectivity index (χ0v) is 7.83. The van der Waals surface area contributed by atoms with Crippen molar-refractivity contribution in [2.24, 2.45) is 5.92 Å². The summed E-state index contributed by atoms with van der Waals surface area (Å²) in [6, 6.07) is 0. The Hall–Kier alpha value is -1.39. The lowest BCUT2D eigenvalue weighted by molar-refractivity contribution is 0.333. The van der Waals surface area contributed by atoms with Crippen molar-refractivity contribution in [2.45, 2.75) is 19.3 Å². The van der Waals surface area contributed by atoms with Crippen molar-refractivity contribution >= 4 is 11.5 Å². The fourth-order valence-electron chi connectivity index (χ4n) is 1.45. The van der Waals surface area contributed by atoms with Crippen LogP contribution in [0.3, 0.4) is 0 Å². The molecular formula is C9H13FN4. The second-order valence-electron chi connectivity index (χ2n) is 3.60. The topological polar surface area (TPSA) is 63.8 Å². The number of hydrogen-bond acceptors (Lipinski definition) is 4. The van der Waals surface area contributed by atoms with E-state index in [1.807, 2.05) is 0 Å². The van der Waals surface area contributed by atoms with Crippen LogP contribution in [0.15, 0.2) is 6.33 Å². The molecule has 14 heavy (non-hydrogen) atoms. The Morgan fingerprint density at radius 1 is 1.50 bits per heavy atom. The summed E-state index contributed by atoms with van der Waals surface area (Å²) in [6.07, 6.45) is 4.94. The number of nitrogens with one attached hydrogen (secondary N) is 1. The highest BCUT2D eigenvalue weighted by molar-refractivity contribution is 5.59. The van der Waals surface area contributed by atoms with E-state index >= 15 is 0 Å². The van der Waals surface area contributed by atoms with Crippen LogP contribution in [0.25, 0.3) is 0 Å². The third-order valence-electron chi connectivity index (χ3n) is 2.62. The second-order valence-corrected chi connectivity index (χ2v) is 3.60. The molecule has 1 aliphatic rings. The molecule has 3 N–H and O–H groups in total. The van der Waals surface area contributed by atoms with Crippen LogP contribution in [0, 0.1) is 11.9 Å². The van der Waals surface area contributed by atoms with Gasteiger partial charge in [0.25, 0.3) is 0 Å². The summed E-state index contributed by atoms with van der Waals surface area (Å²) in [5.74, 6) is 0.438. The minimum Gasteiger partial charge on any atom is -0.392 e. The van der Waals surface area contributed by atoms with Crippen molar-refractivity contribution in [1.29, 1.82) is 0 Å². The van der Waals surface area contributed by atoms with Crippen LogP contribution in [-0.4, -0.2) is 16.5 Å². The van der Waals surface area contributed by atoms with Crippen LogP contribution in [0.2, 0.25) is 0 Å². The quantitative estimate of drug-likeness (QED) is 0.717. The number of rotatable bonds is 3. The van der Waals surface area contributed by atoms with Crippen molar-refractivity contribution in [3.63, 3.8) is 0 Å². The van der Waals surface area contributed by atoms with E-state index in [-0.39, 0.29) is 5.69 Å². The number of nitrogens with two attached hydrogens (primary N) is 1. The lowest BCUT2D eigenvalue weighted by Gasteiger charge is -2.25. The standard InChI is InChI=1S/C9H13FN4/c10-8-7(11)9(14-5-13-8)12-4-6-2-1-3-6/h5-6H,1-4,11H2,(H,12,13,14). The summed E-state index contributed by atoms with van der Waals surface area (Å²) in [7, 11) is 0. The first-order chi connectivity index (χ1) is 6.77. The molecule has 76 valence electrons. The first-order valence-corrected chi connectivity index (χ1v) is 4.77. The van der Waals surface area contributed by atoms with Gasteiger partial charge in [-0.1, -0.05) is 6.42 Å². The largest absolute Gasteiger partial charge is 0.392 e. The number of aromatic nitrogens is 2. The number of anilines is 2. The predicted molar refractivity (Wildman–Crippen MR) is 52.2 cm³/mol. The van der Waals surface area contributed by atoms with E-state index in [2.05, 4.69) is 15.3 Å². The monoisotopic (exact) mass is 196 g/mol. The number of halogens is 1. The van der Waals surface area contributed by atoms with Crippen LogP contribution in [0.4, 0.5) is 15.9 Å². The highest BCUT2D eigenvalue weighted by atomic mass is 19.1. The molecule has 0 spiro atoms. The summed E-state index contributed by atoms with van der Waals surface area (Å²) in [4.78, 5) is 7.24. The van der Waals surface area contributed by atoms with Crippen molar-refractivity contribution < 1.29 is 4.39 Å². The highest BCUT2D eigenvalue weighted by Crippen LogP contribution is 2.27. The van der Waals surface area contributed by atoms with E-state index < -0.39 is 5.95 Å². The molecule has 5 heteroatoms. The fraction of sp³-hybridized carbons (Fsp3) is 0.556. The Morgan fingerprint density at radius 2 is 2.29 bits per heavy atom. The molecule has 0 unspecified atom stereocenters. The molecule has 0 amide bonds.